The minimum Gasteiger partial charge on any atom is -0.451 e. The van der Waals surface area contributed by atoms with Gasteiger partial charge in [0.05, 0.1) is 6.54 Å². The SMILES string of the molecule is Cc1ccc(CN(C(=O)c2oc3ccccc3c2C)c2ccccn2)cc1. The van der Waals surface area contributed by atoms with E-state index in [-0.39, 0.29) is 5.91 Å². The summed E-state index contributed by atoms with van der Waals surface area (Å²) < 4.78 is 5.90. The molecule has 4 aromatic rings. The highest BCUT2D eigenvalue weighted by Crippen LogP contribution is 2.27. The molecule has 4 rings (SSSR count). The van der Waals surface area contributed by atoms with Gasteiger partial charge in [0.15, 0.2) is 5.76 Å². The number of para-hydroxylation sites is 1. The summed E-state index contributed by atoms with van der Waals surface area (Å²) in [5.41, 5.74) is 3.78. The van der Waals surface area contributed by atoms with E-state index in [0.29, 0.717) is 18.1 Å². The number of aromatic nitrogens is 1. The zero-order chi connectivity index (χ0) is 18.8. The van der Waals surface area contributed by atoms with Crippen molar-refractivity contribution < 1.29 is 9.21 Å². The molecule has 0 fully saturated rings. The van der Waals surface area contributed by atoms with Crippen LogP contribution in [0.3, 0.4) is 0 Å². The Kier molecular flexibility index (Phi) is 4.47. The predicted octanol–water partition coefficient (Wildman–Crippen LogP) is 5.29. The Balaban J connectivity index is 1.76. The average Bonchev–Trinajstić information content (AvgIpc) is 3.05. The van der Waals surface area contributed by atoms with E-state index in [1.54, 1.807) is 11.1 Å². The highest BCUT2D eigenvalue weighted by Gasteiger charge is 2.25. The summed E-state index contributed by atoms with van der Waals surface area (Å²) in [6, 6.07) is 21.4. The first kappa shape index (κ1) is 17.0. The molecule has 0 aliphatic heterocycles. The van der Waals surface area contributed by atoms with Crippen molar-refractivity contribution >= 4 is 22.7 Å². The van der Waals surface area contributed by atoms with Crippen LogP contribution in [0.5, 0.6) is 0 Å². The van der Waals surface area contributed by atoms with Crippen molar-refractivity contribution in [1.29, 1.82) is 0 Å². The van der Waals surface area contributed by atoms with Gasteiger partial charge in [0, 0.05) is 17.1 Å². The van der Waals surface area contributed by atoms with Crippen LogP contribution in [0.15, 0.2) is 77.3 Å². The Morgan fingerprint density at radius 3 is 2.41 bits per heavy atom. The van der Waals surface area contributed by atoms with Gasteiger partial charge in [0.2, 0.25) is 0 Å². The molecule has 0 aliphatic carbocycles. The van der Waals surface area contributed by atoms with Gasteiger partial charge >= 0.3 is 0 Å². The van der Waals surface area contributed by atoms with Crippen molar-refractivity contribution in [2.24, 2.45) is 0 Å². The lowest BCUT2D eigenvalue weighted by Gasteiger charge is -2.21. The second kappa shape index (κ2) is 7.08. The molecule has 0 radical (unpaired) electrons. The van der Waals surface area contributed by atoms with Crippen LogP contribution in [0, 0.1) is 13.8 Å². The molecule has 0 saturated heterocycles. The normalized spacial score (nSPS) is 10.9. The molecule has 4 nitrogen and oxygen atoms in total. The van der Waals surface area contributed by atoms with Crippen molar-refractivity contribution in [3.05, 3.63) is 95.4 Å². The van der Waals surface area contributed by atoms with Gasteiger partial charge in [-0.25, -0.2) is 4.98 Å². The highest BCUT2D eigenvalue weighted by atomic mass is 16.3. The zero-order valence-corrected chi connectivity index (χ0v) is 15.3. The van der Waals surface area contributed by atoms with Crippen molar-refractivity contribution in [3.63, 3.8) is 0 Å². The maximum Gasteiger partial charge on any atom is 0.295 e. The monoisotopic (exact) mass is 356 g/mol. The van der Waals surface area contributed by atoms with E-state index < -0.39 is 0 Å². The van der Waals surface area contributed by atoms with Crippen molar-refractivity contribution in [3.8, 4) is 0 Å². The fourth-order valence-electron chi connectivity index (χ4n) is 3.15. The van der Waals surface area contributed by atoms with Crippen LogP contribution in [0.4, 0.5) is 5.82 Å². The number of anilines is 1. The average molecular weight is 356 g/mol. The number of aryl methyl sites for hydroxylation is 2. The lowest BCUT2D eigenvalue weighted by Crippen LogP contribution is -2.31. The van der Waals surface area contributed by atoms with Crippen molar-refractivity contribution in [2.45, 2.75) is 20.4 Å². The fourth-order valence-corrected chi connectivity index (χ4v) is 3.15. The van der Waals surface area contributed by atoms with E-state index in [1.165, 1.54) is 5.56 Å². The van der Waals surface area contributed by atoms with E-state index in [4.69, 9.17) is 4.42 Å². The van der Waals surface area contributed by atoms with Gasteiger partial charge in [0.1, 0.15) is 11.4 Å². The quantitative estimate of drug-likeness (QED) is 0.499. The number of rotatable bonds is 4. The summed E-state index contributed by atoms with van der Waals surface area (Å²) in [6.45, 7) is 4.39. The first-order valence-corrected chi connectivity index (χ1v) is 8.90. The van der Waals surface area contributed by atoms with Crippen molar-refractivity contribution in [2.75, 3.05) is 4.90 Å². The Morgan fingerprint density at radius 1 is 0.963 bits per heavy atom. The summed E-state index contributed by atoms with van der Waals surface area (Å²) in [7, 11) is 0. The largest absolute Gasteiger partial charge is 0.451 e. The molecule has 2 aromatic carbocycles. The highest BCUT2D eigenvalue weighted by molar-refractivity contribution is 6.07. The van der Waals surface area contributed by atoms with Gasteiger partial charge in [-0.05, 0) is 37.6 Å². The molecule has 0 spiro atoms. The van der Waals surface area contributed by atoms with Crippen molar-refractivity contribution in [1.82, 2.24) is 4.98 Å². The third-order valence-corrected chi connectivity index (χ3v) is 4.67. The second-order valence-corrected chi connectivity index (χ2v) is 6.62. The smallest absolute Gasteiger partial charge is 0.295 e. The minimum atomic E-state index is -0.192. The van der Waals surface area contributed by atoms with Gasteiger partial charge in [-0.2, -0.15) is 0 Å². The standard InChI is InChI=1S/C23H20N2O2/c1-16-10-12-18(13-11-16)15-25(21-9-5-6-14-24-21)23(26)22-17(2)19-7-3-4-8-20(19)27-22/h3-14H,15H2,1-2H3. The fraction of sp³-hybridized carbons (Fsp3) is 0.130. The number of amides is 1. The van der Waals surface area contributed by atoms with Gasteiger partial charge in [0.25, 0.3) is 5.91 Å². The van der Waals surface area contributed by atoms with E-state index in [0.717, 1.165) is 22.1 Å². The van der Waals surface area contributed by atoms with Crippen LogP contribution in [-0.2, 0) is 6.54 Å². The molecule has 0 N–H and O–H groups in total. The van der Waals surface area contributed by atoms with Gasteiger partial charge < -0.3 is 4.42 Å². The molecule has 0 aliphatic rings. The minimum absolute atomic E-state index is 0.192. The molecule has 0 atom stereocenters. The molecule has 134 valence electrons. The molecule has 1 amide bonds. The number of furan rings is 1. The number of benzene rings is 2. The van der Waals surface area contributed by atoms with Crippen LogP contribution in [0.2, 0.25) is 0 Å². The van der Waals surface area contributed by atoms with E-state index >= 15 is 0 Å². The summed E-state index contributed by atoms with van der Waals surface area (Å²) in [5, 5.41) is 0.956. The third kappa shape index (κ3) is 3.34. The Bertz CT molecular complexity index is 1080. The predicted molar refractivity (Wildman–Crippen MR) is 107 cm³/mol. The first-order chi connectivity index (χ1) is 13.1. The van der Waals surface area contributed by atoms with E-state index in [1.807, 2.05) is 80.6 Å². The number of carbonyl (C=O) groups excluding carboxylic acids is 1. The number of hydrogen-bond acceptors (Lipinski definition) is 3. The van der Waals surface area contributed by atoms with Crippen LogP contribution < -0.4 is 4.90 Å². The lowest BCUT2D eigenvalue weighted by atomic mass is 10.1. The Hall–Kier alpha value is -3.40. The zero-order valence-electron chi connectivity index (χ0n) is 15.3. The van der Waals surface area contributed by atoms with Crippen LogP contribution in [-0.4, -0.2) is 10.9 Å². The summed E-state index contributed by atoms with van der Waals surface area (Å²) >= 11 is 0. The summed E-state index contributed by atoms with van der Waals surface area (Å²) in [5.74, 6) is 0.764. The number of fused-ring (bicyclic) bond motifs is 1. The molecule has 0 saturated carbocycles. The van der Waals surface area contributed by atoms with Crippen LogP contribution in [0.25, 0.3) is 11.0 Å². The summed E-state index contributed by atoms with van der Waals surface area (Å²) in [6.07, 6.45) is 1.69. The first-order valence-electron chi connectivity index (χ1n) is 8.90. The van der Waals surface area contributed by atoms with Gasteiger partial charge in [-0.3, -0.25) is 9.69 Å². The molecule has 4 heteroatoms. The Morgan fingerprint density at radius 2 is 1.70 bits per heavy atom. The molecule has 0 bridgehead atoms. The molecule has 2 heterocycles. The van der Waals surface area contributed by atoms with Crippen LogP contribution in [0.1, 0.15) is 27.2 Å². The van der Waals surface area contributed by atoms with E-state index in [2.05, 4.69) is 4.98 Å². The van der Waals surface area contributed by atoms with E-state index in [9.17, 15) is 4.79 Å². The summed E-state index contributed by atoms with van der Waals surface area (Å²) in [4.78, 5) is 19.4. The molecular formula is C23H20N2O2. The molecular weight excluding hydrogens is 336 g/mol. The van der Waals surface area contributed by atoms with Gasteiger partial charge in [-0.1, -0.05) is 54.1 Å². The molecule has 27 heavy (non-hydrogen) atoms. The number of carbonyl (C=O) groups is 1. The Labute approximate surface area is 158 Å². The molecule has 0 unspecified atom stereocenters. The number of pyridine rings is 1. The topological polar surface area (TPSA) is 46.3 Å². The van der Waals surface area contributed by atoms with Crippen LogP contribution >= 0.6 is 0 Å². The van der Waals surface area contributed by atoms with Gasteiger partial charge in [-0.15, -0.1) is 0 Å². The molecule has 2 aromatic heterocycles. The number of nitrogens with zero attached hydrogens (tertiary/aromatic N) is 2. The third-order valence-electron chi connectivity index (χ3n) is 4.67. The maximum atomic E-state index is 13.4. The number of hydrogen-bond donors (Lipinski definition) is 0. The lowest BCUT2D eigenvalue weighted by molar-refractivity contribution is 0.0959. The maximum absolute atomic E-state index is 13.4. The second-order valence-electron chi connectivity index (χ2n) is 6.62.